The number of hydrogen-bond acceptors (Lipinski definition) is 10. The fraction of sp³-hybridized carbons (Fsp3) is 0.484. The van der Waals surface area contributed by atoms with Gasteiger partial charge in [-0.15, -0.1) is 23.5 Å². The van der Waals surface area contributed by atoms with Gasteiger partial charge in [-0.05, 0) is 81.9 Å². The van der Waals surface area contributed by atoms with E-state index in [2.05, 4.69) is 64.1 Å². The van der Waals surface area contributed by atoms with Crippen LogP contribution in [0.15, 0.2) is 56.0 Å². The largest absolute Gasteiger partial charge is 0.480 e. The summed E-state index contributed by atoms with van der Waals surface area (Å²) < 4.78 is 0. The molecule has 244 valence electrons. The Labute approximate surface area is 276 Å². The van der Waals surface area contributed by atoms with Crippen LogP contribution in [0.4, 0.5) is 11.4 Å². The van der Waals surface area contributed by atoms with Gasteiger partial charge in [-0.3, -0.25) is 19.2 Å². The van der Waals surface area contributed by atoms with Crippen LogP contribution < -0.4 is 21.3 Å². The number of hydrogen-bond donors (Lipinski definition) is 5. The Morgan fingerprint density at radius 1 is 1.07 bits per heavy atom. The lowest BCUT2D eigenvalue weighted by molar-refractivity contribution is -0.139. The van der Waals surface area contributed by atoms with Crippen molar-refractivity contribution in [2.75, 3.05) is 43.6 Å². The van der Waals surface area contributed by atoms with Gasteiger partial charge in [0.1, 0.15) is 18.6 Å². The molecule has 11 nitrogen and oxygen atoms in total. The lowest BCUT2D eigenvalue weighted by Crippen LogP contribution is -2.49. The number of nitrogens with zero attached hydrogens (tertiary/aromatic N) is 2. The fourth-order valence-electron chi connectivity index (χ4n) is 5.41. The van der Waals surface area contributed by atoms with Crippen molar-refractivity contribution < 1.29 is 29.4 Å². The Morgan fingerprint density at radius 2 is 1.84 bits per heavy atom. The highest BCUT2D eigenvalue weighted by Gasteiger charge is 2.28. The molecule has 6 N–H and O–H groups in total. The molecule has 2 heterocycles. The predicted octanol–water partition coefficient (Wildman–Crippen LogP) is 3.86. The third-order valence-corrected chi connectivity index (χ3v) is 10.9. The molecule has 0 bridgehead atoms. The number of aliphatic carboxylic acids is 2. The van der Waals surface area contributed by atoms with Crippen LogP contribution in [0.25, 0.3) is 0 Å². The zero-order valence-electron chi connectivity index (χ0n) is 25.5. The Morgan fingerprint density at radius 3 is 2.56 bits per heavy atom. The number of fused-ring (bicyclic) bond motifs is 2. The fourth-order valence-corrected chi connectivity index (χ4v) is 7.99. The molecule has 3 atom stereocenters. The molecule has 0 aromatic heterocycles. The van der Waals surface area contributed by atoms with Gasteiger partial charge in [0, 0.05) is 44.3 Å². The van der Waals surface area contributed by atoms with Crippen molar-refractivity contribution in [3.63, 3.8) is 0 Å². The second-order valence-electron chi connectivity index (χ2n) is 11.2. The van der Waals surface area contributed by atoms with Crippen LogP contribution in [-0.4, -0.2) is 95.7 Å². The van der Waals surface area contributed by atoms with E-state index in [-0.39, 0.29) is 18.6 Å². The van der Waals surface area contributed by atoms with Crippen LogP contribution in [0.2, 0.25) is 0 Å². The number of carbonyl (C=O) groups is 4. The SMILES string of the molecule is CSc1ccc2c(c1)N(CCC1CCCCN1C)c1ccc(SCC(NC(=O)CCC(N)C(=O)O)C(=O)NCC(=O)O)cc1S2. The molecule has 0 radical (unpaired) electrons. The van der Waals surface area contributed by atoms with Crippen molar-refractivity contribution >= 4 is 70.4 Å². The first-order valence-electron chi connectivity index (χ1n) is 14.9. The summed E-state index contributed by atoms with van der Waals surface area (Å²) in [6.07, 6.45) is 6.60. The maximum absolute atomic E-state index is 12.8. The molecule has 0 aliphatic carbocycles. The Bertz CT molecular complexity index is 1400. The minimum absolute atomic E-state index is 0.0900. The van der Waals surface area contributed by atoms with Crippen molar-refractivity contribution in [1.82, 2.24) is 15.5 Å². The predicted molar refractivity (Wildman–Crippen MR) is 179 cm³/mol. The van der Waals surface area contributed by atoms with Crippen LogP contribution >= 0.6 is 35.3 Å². The maximum Gasteiger partial charge on any atom is 0.322 e. The van der Waals surface area contributed by atoms with Gasteiger partial charge in [0.15, 0.2) is 0 Å². The van der Waals surface area contributed by atoms with Gasteiger partial charge in [-0.2, -0.15) is 0 Å². The highest BCUT2D eigenvalue weighted by molar-refractivity contribution is 8.00. The van der Waals surface area contributed by atoms with E-state index in [4.69, 9.17) is 15.9 Å². The number of thioether (sulfide) groups is 2. The van der Waals surface area contributed by atoms with Crippen LogP contribution in [0, 0.1) is 0 Å². The van der Waals surface area contributed by atoms with Gasteiger partial charge >= 0.3 is 11.9 Å². The van der Waals surface area contributed by atoms with Crippen LogP contribution in [-0.2, 0) is 19.2 Å². The van der Waals surface area contributed by atoms with Crippen molar-refractivity contribution in [3.8, 4) is 0 Å². The molecule has 2 aliphatic rings. The Kier molecular flexibility index (Phi) is 12.9. The number of anilines is 2. The van der Waals surface area contributed by atoms with Crippen LogP contribution in [0.3, 0.4) is 0 Å². The Hall–Kier alpha value is -2.91. The van der Waals surface area contributed by atoms with Crippen molar-refractivity contribution in [3.05, 3.63) is 36.4 Å². The number of carboxylic acid groups (broad SMARTS) is 2. The number of amides is 2. The van der Waals surface area contributed by atoms with E-state index in [1.807, 2.05) is 6.07 Å². The normalized spacial score (nSPS) is 17.5. The van der Waals surface area contributed by atoms with Gasteiger partial charge in [0.05, 0.1) is 11.4 Å². The number of carboxylic acids is 2. The summed E-state index contributed by atoms with van der Waals surface area (Å²) in [6.45, 7) is 1.44. The first-order chi connectivity index (χ1) is 21.5. The summed E-state index contributed by atoms with van der Waals surface area (Å²) in [6, 6.07) is 11.1. The molecule has 2 aromatic rings. The highest BCUT2D eigenvalue weighted by atomic mass is 32.2. The first kappa shape index (κ1) is 35.0. The van der Waals surface area contributed by atoms with Crippen molar-refractivity contribution in [2.24, 2.45) is 5.73 Å². The molecule has 0 saturated carbocycles. The number of piperidine rings is 1. The van der Waals surface area contributed by atoms with Gasteiger partial charge < -0.3 is 36.4 Å². The molecular formula is C31H41N5O6S3. The Balaban J connectivity index is 1.50. The van der Waals surface area contributed by atoms with Gasteiger partial charge in [0.25, 0.3) is 0 Å². The summed E-state index contributed by atoms with van der Waals surface area (Å²) >= 11 is 4.81. The molecule has 4 rings (SSSR count). The van der Waals surface area contributed by atoms with Crippen LogP contribution in [0.5, 0.6) is 0 Å². The maximum atomic E-state index is 12.8. The smallest absolute Gasteiger partial charge is 0.322 e. The lowest BCUT2D eigenvalue weighted by atomic mass is 9.99. The van der Waals surface area contributed by atoms with E-state index in [1.165, 1.54) is 46.5 Å². The number of rotatable bonds is 15. The van der Waals surface area contributed by atoms with E-state index in [9.17, 15) is 19.2 Å². The third kappa shape index (κ3) is 9.79. The molecule has 3 unspecified atom stereocenters. The first-order valence-corrected chi connectivity index (χ1v) is 18.0. The van der Waals surface area contributed by atoms with Crippen molar-refractivity contribution in [1.29, 1.82) is 0 Å². The average molecular weight is 676 g/mol. The summed E-state index contributed by atoms with van der Waals surface area (Å²) in [5.41, 5.74) is 7.85. The highest BCUT2D eigenvalue weighted by Crippen LogP contribution is 2.50. The van der Waals surface area contributed by atoms with Crippen LogP contribution in [0.1, 0.15) is 38.5 Å². The average Bonchev–Trinajstić information content (AvgIpc) is 3.02. The molecule has 2 amide bonds. The van der Waals surface area contributed by atoms with E-state index in [0.29, 0.717) is 6.04 Å². The van der Waals surface area contributed by atoms with Gasteiger partial charge in [0.2, 0.25) is 11.8 Å². The number of carbonyl (C=O) groups excluding carboxylic acids is 2. The minimum atomic E-state index is -1.22. The molecular weight excluding hydrogens is 635 g/mol. The van der Waals surface area contributed by atoms with Gasteiger partial charge in [-0.1, -0.05) is 18.2 Å². The third-order valence-electron chi connectivity index (χ3n) is 7.99. The monoisotopic (exact) mass is 675 g/mol. The van der Waals surface area contributed by atoms with Crippen molar-refractivity contribution in [2.45, 2.75) is 76.2 Å². The molecule has 45 heavy (non-hydrogen) atoms. The minimum Gasteiger partial charge on any atom is -0.480 e. The number of benzene rings is 2. The summed E-state index contributed by atoms with van der Waals surface area (Å²) in [7, 11) is 2.22. The van der Waals surface area contributed by atoms with Gasteiger partial charge in [-0.25, -0.2) is 0 Å². The molecule has 2 aromatic carbocycles. The number of nitrogens with two attached hydrogens (primary N) is 1. The van der Waals surface area contributed by atoms with E-state index in [0.717, 1.165) is 35.0 Å². The summed E-state index contributed by atoms with van der Waals surface area (Å²) in [4.78, 5) is 56.7. The number of likely N-dealkylation sites (tertiary alicyclic amines) is 1. The zero-order chi connectivity index (χ0) is 32.5. The van der Waals surface area contributed by atoms with E-state index < -0.39 is 42.4 Å². The van der Waals surface area contributed by atoms with E-state index in [1.54, 1.807) is 23.5 Å². The molecule has 1 saturated heterocycles. The number of nitrogens with one attached hydrogen (secondary N) is 2. The zero-order valence-corrected chi connectivity index (χ0v) is 27.9. The topological polar surface area (TPSA) is 165 Å². The second-order valence-corrected chi connectivity index (χ2v) is 14.2. The summed E-state index contributed by atoms with van der Waals surface area (Å²) in [5.74, 6) is -3.44. The second kappa shape index (κ2) is 16.6. The lowest BCUT2D eigenvalue weighted by Gasteiger charge is -2.37. The molecule has 2 aliphatic heterocycles. The molecule has 14 heteroatoms. The quantitative estimate of drug-likeness (QED) is 0.174. The summed E-state index contributed by atoms with van der Waals surface area (Å²) in [5, 5.41) is 22.9. The standard InChI is InChI=1S/C31H41N5O6S3/c1-35-13-4-3-5-19(35)12-14-36-24-9-6-21(16-27(24)45-26-10-7-20(43-2)15-25(26)36)44-18-23(30(40)33-17-29(38)39)34-28(37)11-8-22(32)31(41)42/h6-7,9-10,15-16,19,22-23H,3-5,8,11-14,17-18,32H2,1-2H3,(H,33,40)(H,34,37)(H,38,39)(H,41,42). The molecule has 1 fully saturated rings. The van der Waals surface area contributed by atoms with E-state index >= 15 is 0 Å². The molecule has 0 spiro atoms.